The molecule has 1 amide bonds. The molecular weight excluding hydrogens is 522 g/mol. The Morgan fingerprint density at radius 1 is 1.12 bits per heavy atom. The third kappa shape index (κ3) is 10.2. The third-order valence-corrected chi connectivity index (χ3v) is 6.95. The van der Waals surface area contributed by atoms with Crippen LogP contribution in [0, 0.1) is 6.92 Å². The molecule has 1 aliphatic rings. The number of hydrogen-bond donors (Lipinski definition) is 2. The molecule has 41 heavy (non-hydrogen) atoms. The fourth-order valence-electron chi connectivity index (χ4n) is 4.53. The zero-order chi connectivity index (χ0) is 29.6. The first-order chi connectivity index (χ1) is 19.8. The number of nitrogens with zero attached hydrogens (tertiary/aromatic N) is 2. The Hall–Kier alpha value is -3.85. The molecule has 9 nitrogen and oxygen atoms in total. The maximum Gasteiger partial charge on any atom is 0.303 e. The molecule has 2 aromatic carbocycles. The van der Waals surface area contributed by atoms with Crippen LogP contribution in [-0.2, 0) is 33.7 Å². The number of aromatic nitrogens is 1. The molecule has 1 aromatic heterocycles. The fourth-order valence-corrected chi connectivity index (χ4v) is 4.53. The average Bonchev–Trinajstić information content (AvgIpc) is 3.36. The summed E-state index contributed by atoms with van der Waals surface area (Å²) in [6.07, 6.45) is 5.78. The van der Waals surface area contributed by atoms with Crippen molar-refractivity contribution in [3.8, 4) is 17.2 Å². The van der Waals surface area contributed by atoms with Crippen molar-refractivity contribution in [1.82, 2.24) is 10.3 Å². The van der Waals surface area contributed by atoms with E-state index in [4.69, 9.17) is 24.0 Å². The summed E-state index contributed by atoms with van der Waals surface area (Å²) in [6, 6.07) is 13.9. The molecule has 3 aromatic rings. The number of carbonyl (C=O) groups excluding carboxylic acids is 1. The summed E-state index contributed by atoms with van der Waals surface area (Å²) in [6.45, 7) is 8.82. The van der Waals surface area contributed by atoms with E-state index in [1.807, 2.05) is 45.0 Å². The first-order valence-electron chi connectivity index (χ1n) is 14.3. The topological polar surface area (TPSA) is 114 Å². The molecule has 1 saturated heterocycles. The highest BCUT2D eigenvalue weighted by atomic mass is 16.5. The van der Waals surface area contributed by atoms with Gasteiger partial charge in [-0.3, -0.25) is 9.59 Å². The van der Waals surface area contributed by atoms with Crippen LogP contribution in [0.1, 0.15) is 62.1 Å². The van der Waals surface area contributed by atoms with E-state index in [0.717, 1.165) is 41.2 Å². The maximum atomic E-state index is 10.9. The van der Waals surface area contributed by atoms with Gasteiger partial charge in [0.1, 0.15) is 11.5 Å². The van der Waals surface area contributed by atoms with E-state index in [1.165, 1.54) is 24.9 Å². The van der Waals surface area contributed by atoms with Crippen LogP contribution in [-0.4, -0.2) is 55.4 Å². The number of rotatable bonds is 13. The molecule has 2 heterocycles. The number of carboxylic acid groups (broad SMARTS) is 1. The number of piperidine rings is 1. The van der Waals surface area contributed by atoms with Crippen molar-refractivity contribution in [2.45, 2.75) is 71.9 Å². The van der Waals surface area contributed by atoms with Crippen LogP contribution in [0.2, 0.25) is 0 Å². The molecule has 0 saturated carbocycles. The summed E-state index contributed by atoms with van der Waals surface area (Å²) in [5.41, 5.74) is 4.75. The highest BCUT2D eigenvalue weighted by molar-refractivity contribution is 5.67. The lowest BCUT2D eigenvalue weighted by atomic mass is 10.0. The van der Waals surface area contributed by atoms with Crippen LogP contribution in [0.3, 0.4) is 0 Å². The SMILES string of the molecule is COC(C)C.Cc1oc(-c2cccc(N3CCCCC3)c2)nc1CCOc1ccc(CCC(=O)O)c(CNC=O)c1. The van der Waals surface area contributed by atoms with Crippen LogP contribution in [0.4, 0.5) is 5.69 Å². The summed E-state index contributed by atoms with van der Waals surface area (Å²) in [7, 11) is 1.70. The molecule has 0 bridgehead atoms. The zero-order valence-electron chi connectivity index (χ0n) is 24.7. The number of anilines is 1. The van der Waals surface area contributed by atoms with Gasteiger partial charge in [-0.15, -0.1) is 0 Å². The van der Waals surface area contributed by atoms with Gasteiger partial charge < -0.3 is 29.2 Å². The normalized spacial score (nSPS) is 13.0. The van der Waals surface area contributed by atoms with Gasteiger partial charge in [-0.05, 0) is 87.9 Å². The van der Waals surface area contributed by atoms with E-state index >= 15 is 0 Å². The Kier molecular flexibility index (Phi) is 12.7. The van der Waals surface area contributed by atoms with Crippen molar-refractivity contribution in [3.05, 3.63) is 65.0 Å². The molecule has 1 fully saturated rings. The Morgan fingerprint density at radius 3 is 2.56 bits per heavy atom. The van der Waals surface area contributed by atoms with Crippen LogP contribution in [0.15, 0.2) is 46.9 Å². The monoisotopic (exact) mass is 565 g/mol. The first-order valence-corrected chi connectivity index (χ1v) is 14.3. The molecule has 0 atom stereocenters. The summed E-state index contributed by atoms with van der Waals surface area (Å²) < 4.78 is 16.7. The molecule has 0 unspecified atom stereocenters. The number of nitrogens with one attached hydrogen (secondary N) is 1. The summed E-state index contributed by atoms with van der Waals surface area (Å²) in [5.74, 6) is 1.20. The molecule has 4 rings (SSSR count). The molecule has 0 radical (unpaired) electrons. The van der Waals surface area contributed by atoms with Gasteiger partial charge >= 0.3 is 5.97 Å². The van der Waals surface area contributed by atoms with E-state index in [0.29, 0.717) is 50.1 Å². The Balaban J connectivity index is 0.000000850. The lowest BCUT2D eigenvalue weighted by Gasteiger charge is -2.28. The van der Waals surface area contributed by atoms with Crippen LogP contribution in [0.5, 0.6) is 5.75 Å². The van der Waals surface area contributed by atoms with Gasteiger partial charge in [0.15, 0.2) is 0 Å². The third-order valence-electron chi connectivity index (χ3n) is 6.95. The van der Waals surface area contributed by atoms with E-state index < -0.39 is 5.97 Å². The molecule has 0 aliphatic carbocycles. The van der Waals surface area contributed by atoms with Crippen molar-refractivity contribution in [3.63, 3.8) is 0 Å². The second-order valence-electron chi connectivity index (χ2n) is 10.3. The number of carboxylic acids is 1. The number of carbonyl (C=O) groups is 2. The summed E-state index contributed by atoms with van der Waals surface area (Å²) in [5, 5.41) is 11.6. The molecule has 0 spiro atoms. The molecule has 2 N–H and O–H groups in total. The highest BCUT2D eigenvalue weighted by Crippen LogP contribution is 2.28. The number of aliphatic carboxylic acids is 1. The number of hydrogen-bond acceptors (Lipinski definition) is 7. The summed E-state index contributed by atoms with van der Waals surface area (Å²) in [4.78, 5) is 28.8. The van der Waals surface area contributed by atoms with Gasteiger partial charge in [-0.25, -0.2) is 4.98 Å². The minimum absolute atomic E-state index is 0.0308. The smallest absolute Gasteiger partial charge is 0.303 e. The number of aryl methyl sites for hydroxylation is 2. The Labute approximate surface area is 242 Å². The van der Waals surface area contributed by atoms with Crippen molar-refractivity contribution in [2.75, 3.05) is 31.7 Å². The van der Waals surface area contributed by atoms with Gasteiger partial charge in [0.25, 0.3) is 0 Å². The lowest BCUT2D eigenvalue weighted by molar-refractivity contribution is -0.137. The van der Waals surface area contributed by atoms with Gasteiger partial charge in [0.2, 0.25) is 12.3 Å². The minimum Gasteiger partial charge on any atom is -0.493 e. The number of oxazole rings is 1. The average molecular weight is 566 g/mol. The Bertz CT molecular complexity index is 1250. The number of benzene rings is 2. The number of amides is 1. The first kappa shape index (κ1) is 31.7. The maximum absolute atomic E-state index is 10.9. The van der Waals surface area contributed by atoms with E-state index in [1.54, 1.807) is 7.11 Å². The second-order valence-corrected chi connectivity index (χ2v) is 10.3. The minimum atomic E-state index is -0.856. The highest BCUT2D eigenvalue weighted by Gasteiger charge is 2.15. The van der Waals surface area contributed by atoms with E-state index in [9.17, 15) is 9.59 Å². The van der Waals surface area contributed by atoms with Crippen LogP contribution >= 0.6 is 0 Å². The quantitative estimate of drug-likeness (QED) is 0.259. The van der Waals surface area contributed by atoms with E-state index in [2.05, 4.69) is 28.4 Å². The van der Waals surface area contributed by atoms with Gasteiger partial charge in [-0.1, -0.05) is 12.1 Å². The van der Waals surface area contributed by atoms with Crippen molar-refractivity contribution < 1.29 is 28.6 Å². The molecule has 222 valence electrons. The van der Waals surface area contributed by atoms with Gasteiger partial charge in [-0.2, -0.15) is 0 Å². The predicted molar refractivity (Wildman–Crippen MR) is 159 cm³/mol. The predicted octanol–water partition coefficient (Wildman–Crippen LogP) is 5.57. The number of ether oxygens (including phenoxy) is 2. The van der Waals surface area contributed by atoms with Crippen LogP contribution in [0.25, 0.3) is 11.5 Å². The second kappa shape index (κ2) is 16.4. The molecule has 9 heteroatoms. The lowest BCUT2D eigenvalue weighted by Crippen LogP contribution is -2.29. The van der Waals surface area contributed by atoms with Gasteiger partial charge in [0, 0.05) is 50.8 Å². The summed E-state index contributed by atoms with van der Waals surface area (Å²) >= 11 is 0. The largest absolute Gasteiger partial charge is 0.493 e. The Morgan fingerprint density at radius 2 is 1.88 bits per heavy atom. The van der Waals surface area contributed by atoms with Crippen LogP contribution < -0.4 is 15.0 Å². The van der Waals surface area contributed by atoms with Gasteiger partial charge in [0.05, 0.1) is 18.4 Å². The van der Waals surface area contributed by atoms with Crippen molar-refractivity contribution >= 4 is 18.1 Å². The van der Waals surface area contributed by atoms with Crippen molar-refractivity contribution in [1.29, 1.82) is 0 Å². The standard InChI is InChI=1S/C28H33N3O5.C4H10O/c1-20-26(30-28(36-20)22-6-5-7-24(16-22)31-13-3-2-4-14-31)12-15-35-25-10-8-21(9-11-27(33)34)23(17-25)18-29-19-32;1-4(2)5-3/h5-8,10,16-17,19H,2-4,9,11-15,18H2,1H3,(H,29,32)(H,33,34);4H,1-3H3. The van der Waals surface area contributed by atoms with Crippen molar-refractivity contribution in [2.24, 2.45) is 0 Å². The molecular formula is C32H43N3O6. The fraction of sp³-hybridized carbons (Fsp3) is 0.469. The molecule has 1 aliphatic heterocycles. The zero-order valence-corrected chi connectivity index (χ0v) is 24.7. The number of methoxy groups -OCH3 is 1. The van der Waals surface area contributed by atoms with E-state index in [-0.39, 0.29) is 6.42 Å².